The molecule has 1 fully saturated rings. The molecule has 0 aliphatic carbocycles. The van der Waals surface area contributed by atoms with Gasteiger partial charge >= 0.3 is 0 Å². The smallest absolute Gasteiger partial charge is 0.159 e. The summed E-state index contributed by atoms with van der Waals surface area (Å²) in [5.74, 6) is 0. The summed E-state index contributed by atoms with van der Waals surface area (Å²) >= 11 is 0. The molecule has 0 aromatic heterocycles. The highest BCUT2D eigenvalue weighted by atomic mass is 31.2. The van der Waals surface area contributed by atoms with Crippen molar-refractivity contribution in [1.82, 2.24) is 9.34 Å². The first-order valence-corrected chi connectivity index (χ1v) is 13.2. The molecule has 0 amide bonds. The van der Waals surface area contributed by atoms with Crippen molar-refractivity contribution in [2.75, 3.05) is 26.2 Å². The zero-order chi connectivity index (χ0) is 19.7. The molecule has 1 aliphatic rings. The summed E-state index contributed by atoms with van der Waals surface area (Å²) in [6.45, 7) is 9.61. The van der Waals surface area contributed by atoms with Gasteiger partial charge in [-0.25, -0.2) is 0 Å². The summed E-state index contributed by atoms with van der Waals surface area (Å²) in [7, 11) is -1.62. The number of rotatable bonds is 11. The van der Waals surface area contributed by atoms with Gasteiger partial charge in [-0.2, -0.15) is 9.34 Å². The third kappa shape index (κ3) is 5.03. The lowest BCUT2D eigenvalue weighted by atomic mass is 10.2. The molecule has 0 spiro atoms. The van der Waals surface area contributed by atoms with Crippen molar-refractivity contribution < 1.29 is 0 Å². The average Bonchev–Trinajstić information content (AvgIpc) is 3.29. The average molecular weight is 398 g/mol. The minimum absolute atomic E-state index is 1.17. The molecular weight excluding hydrogens is 359 g/mol. The second-order valence-electron chi connectivity index (χ2n) is 8.03. The van der Waals surface area contributed by atoms with Crippen LogP contribution in [0.2, 0.25) is 0 Å². The Kier molecular flexibility index (Phi) is 8.52. The van der Waals surface area contributed by atoms with Crippen molar-refractivity contribution in [3.8, 4) is 0 Å². The van der Waals surface area contributed by atoms with Crippen LogP contribution in [-0.4, -0.2) is 35.5 Å². The van der Waals surface area contributed by atoms with Crippen LogP contribution in [0.15, 0.2) is 60.7 Å². The van der Waals surface area contributed by atoms with Gasteiger partial charge in [-0.05, 0) is 43.4 Å². The topological polar surface area (TPSA) is 6.48 Å². The fraction of sp³-hybridized carbons (Fsp3) is 0.520. The molecule has 152 valence electrons. The van der Waals surface area contributed by atoms with Gasteiger partial charge in [-0.15, -0.1) is 0 Å². The number of hydrogen-bond acceptors (Lipinski definition) is 2. The van der Waals surface area contributed by atoms with Gasteiger partial charge in [0.05, 0.1) is 0 Å². The maximum Gasteiger partial charge on any atom is 0.190 e. The van der Waals surface area contributed by atoms with E-state index >= 15 is 0 Å². The van der Waals surface area contributed by atoms with E-state index in [1.165, 1.54) is 76.4 Å². The largest absolute Gasteiger partial charge is 0.190 e. The minimum Gasteiger partial charge on any atom is -0.159 e. The Hall–Kier alpha value is -1.21. The van der Waals surface area contributed by atoms with Gasteiger partial charge in [0.25, 0.3) is 0 Å². The molecule has 28 heavy (non-hydrogen) atoms. The molecule has 2 aromatic rings. The molecule has 3 heteroatoms. The van der Waals surface area contributed by atoms with Gasteiger partial charge in [0, 0.05) is 26.2 Å². The highest BCUT2D eigenvalue weighted by Crippen LogP contribution is 2.67. The first-order valence-electron chi connectivity index (χ1n) is 11.3. The summed E-state index contributed by atoms with van der Waals surface area (Å²) in [5, 5.41) is 1.58. The summed E-state index contributed by atoms with van der Waals surface area (Å²) < 4.78 is 5.84. The number of benzene rings is 2. The quantitative estimate of drug-likeness (QED) is 0.407. The van der Waals surface area contributed by atoms with Crippen LogP contribution in [0.1, 0.15) is 57.9 Å². The Morgan fingerprint density at radius 1 is 0.786 bits per heavy atom. The van der Waals surface area contributed by atoms with Crippen LogP contribution in [0.3, 0.4) is 0 Å². The fourth-order valence-corrected chi connectivity index (χ4v) is 9.31. The molecule has 1 unspecified atom stereocenters. The lowest BCUT2D eigenvalue weighted by Crippen LogP contribution is -2.42. The predicted octanol–water partition coefficient (Wildman–Crippen LogP) is 6.36. The maximum atomic E-state index is 2.94. The van der Waals surface area contributed by atoms with Crippen LogP contribution in [0, 0.1) is 0 Å². The molecule has 1 atom stereocenters. The van der Waals surface area contributed by atoms with Crippen molar-refractivity contribution in [1.29, 1.82) is 0 Å². The van der Waals surface area contributed by atoms with E-state index in [1.807, 2.05) is 0 Å². The molecule has 0 radical (unpaired) electrons. The zero-order valence-electron chi connectivity index (χ0n) is 17.9. The molecule has 0 N–H and O–H groups in total. The number of unbranched alkanes of at least 4 members (excludes halogenated alkanes) is 2. The first kappa shape index (κ1) is 21.5. The monoisotopic (exact) mass is 397 g/mol. The van der Waals surface area contributed by atoms with Gasteiger partial charge in [0.15, 0.2) is 7.56 Å². The molecule has 1 saturated heterocycles. The van der Waals surface area contributed by atoms with Crippen LogP contribution in [-0.2, 0) is 6.16 Å². The van der Waals surface area contributed by atoms with Crippen molar-refractivity contribution in [2.24, 2.45) is 0 Å². The van der Waals surface area contributed by atoms with Crippen molar-refractivity contribution in [3.05, 3.63) is 66.2 Å². The van der Waals surface area contributed by atoms with E-state index in [9.17, 15) is 0 Å². The normalized spacial score (nSPS) is 17.1. The fourth-order valence-electron chi connectivity index (χ4n) is 4.46. The SMILES string of the molecule is CCCCN(CCCC)[P+](Cc1ccccc1)(c1ccccc1)N1CCCC1. The summed E-state index contributed by atoms with van der Waals surface area (Å²) in [5.41, 5.74) is 1.49. The molecule has 3 rings (SSSR count). The Balaban J connectivity index is 2.09. The van der Waals surface area contributed by atoms with E-state index in [0.717, 1.165) is 0 Å². The Morgan fingerprint density at radius 3 is 1.86 bits per heavy atom. The predicted molar refractivity (Wildman–Crippen MR) is 125 cm³/mol. The van der Waals surface area contributed by atoms with E-state index < -0.39 is 7.56 Å². The zero-order valence-corrected chi connectivity index (χ0v) is 18.8. The van der Waals surface area contributed by atoms with Crippen LogP contribution >= 0.6 is 7.56 Å². The molecule has 0 saturated carbocycles. The van der Waals surface area contributed by atoms with Crippen LogP contribution in [0.4, 0.5) is 0 Å². The molecule has 1 aliphatic heterocycles. The van der Waals surface area contributed by atoms with Crippen molar-refractivity contribution in [2.45, 2.75) is 58.5 Å². The summed E-state index contributed by atoms with van der Waals surface area (Å²) in [6, 6.07) is 22.8. The van der Waals surface area contributed by atoms with E-state index in [1.54, 1.807) is 5.30 Å². The second-order valence-corrected chi connectivity index (χ2v) is 11.5. The van der Waals surface area contributed by atoms with E-state index in [2.05, 4.69) is 83.9 Å². The van der Waals surface area contributed by atoms with Crippen LogP contribution < -0.4 is 5.30 Å². The minimum atomic E-state index is -1.62. The van der Waals surface area contributed by atoms with Gasteiger partial charge in [-0.3, -0.25) is 0 Å². The van der Waals surface area contributed by atoms with E-state index in [4.69, 9.17) is 0 Å². The highest BCUT2D eigenvalue weighted by Gasteiger charge is 2.53. The van der Waals surface area contributed by atoms with Gasteiger partial charge < -0.3 is 0 Å². The number of hydrogen-bond donors (Lipinski definition) is 0. The Labute approximate surface area is 173 Å². The third-order valence-corrected chi connectivity index (χ3v) is 10.6. The van der Waals surface area contributed by atoms with Gasteiger partial charge in [0.2, 0.25) is 0 Å². The van der Waals surface area contributed by atoms with Gasteiger partial charge in [0.1, 0.15) is 11.5 Å². The van der Waals surface area contributed by atoms with Crippen molar-refractivity contribution in [3.63, 3.8) is 0 Å². The third-order valence-electron chi connectivity index (χ3n) is 5.97. The highest BCUT2D eigenvalue weighted by molar-refractivity contribution is 7.78. The van der Waals surface area contributed by atoms with Gasteiger partial charge in [-0.1, -0.05) is 75.2 Å². The molecule has 0 bridgehead atoms. The molecular formula is C25H38N2P+. The van der Waals surface area contributed by atoms with Crippen LogP contribution in [0.5, 0.6) is 0 Å². The summed E-state index contributed by atoms with van der Waals surface area (Å²) in [4.78, 5) is 0. The first-order chi connectivity index (χ1) is 13.8. The van der Waals surface area contributed by atoms with E-state index in [0.29, 0.717) is 0 Å². The van der Waals surface area contributed by atoms with Crippen molar-refractivity contribution >= 4 is 12.9 Å². The lowest BCUT2D eigenvalue weighted by Gasteiger charge is -2.42. The summed E-state index contributed by atoms with van der Waals surface area (Å²) in [6.07, 6.45) is 8.98. The molecule has 2 nitrogen and oxygen atoms in total. The standard InChI is InChI=1S/C25H38N2P/c1-3-5-19-26(20-6-4-2)28(27-21-13-14-22-27,25-17-11-8-12-18-25)23-24-15-9-7-10-16-24/h7-12,15-18H,3-6,13-14,19-23H2,1-2H3/q+1. The maximum absolute atomic E-state index is 2.94. The lowest BCUT2D eigenvalue weighted by molar-refractivity contribution is 0.386. The molecule has 1 heterocycles. The molecule has 2 aromatic carbocycles. The second kappa shape index (κ2) is 11.1. The van der Waals surface area contributed by atoms with Crippen LogP contribution in [0.25, 0.3) is 0 Å². The Morgan fingerprint density at radius 2 is 1.32 bits per heavy atom. The number of nitrogens with zero attached hydrogens (tertiary/aromatic N) is 2. The Bertz CT molecular complexity index is 661. The van der Waals surface area contributed by atoms with E-state index in [-0.39, 0.29) is 0 Å².